The van der Waals surface area contributed by atoms with Crippen molar-refractivity contribution in [2.75, 3.05) is 31.1 Å². The molecule has 27 heavy (non-hydrogen) atoms. The maximum Gasteiger partial charge on any atom is 0.265 e. The molecule has 0 saturated carbocycles. The number of nitrogens with zero attached hydrogens (tertiary/aromatic N) is 2. The second-order valence-electron chi connectivity index (χ2n) is 7.81. The number of fused-ring (bicyclic) bond motifs is 1. The summed E-state index contributed by atoms with van der Waals surface area (Å²) >= 11 is 0. The molecular weight excluding hydrogens is 370 g/mol. The molecule has 2 aliphatic rings. The minimum absolute atomic E-state index is 0.136. The van der Waals surface area contributed by atoms with Crippen LogP contribution in [0.4, 0.5) is 5.69 Å². The van der Waals surface area contributed by atoms with Gasteiger partial charge in [0, 0.05) is 24.7 Å². The fraction of sp³-hybridized carbons (Fsp3) is 0.556. The first kappa shape index (κ1) is 19.6. The smallest absolute Gasteiger partial charge is 0.265 e. The number of benzene rings is 1. The standard InChI is InChI=1S/C18H25N3O5S/c1-18(2,3)19-16(22)11-21-14-7-6-13(10-15(14)26-12-17(21)23)27(24,25)20-8-4-5-9-20/h6-7,10H,4-5,8-9,11-12H2,1-3H3,(H,19,22). The Morgan fingerprint density at radius 3 is 2.52 bits per heavy atom. The topological polar surface area (TPSA) is 96.0 Å². The number of sulfonamides is 1. The summed E-state index contributed by atoms with van der Waals surface area (Å²) in [7, 11) is -3.58. The lowest BCUT2D eigenvalue weighted by atomic mass is 10.1. The molecule has 2 heterocycles. The van der Waals surface area contributed by atoms with Gasteiger partial charge in [-0.05, 0) is 45.7 Å². The van der Waals surface area contributed by atoms with Crippen LogP contribution in [0.2, 0.25) is 0 Å². The van der Waals surface area contributed by atoms with Crippen molar-refractivity contribution in [3.8, 4) is 5.75 Å². The first-order valence-electron chi connectivity index (χ1n) is 8.96. The van der Waals surface area contributed by atoms with Crippen LogP contribution >= 0.6 is 0 Å². The van der Waals surface area contributed by atoms with E-state index in [4.69, 9.17) is 4.74 Å². The van der Waals surface area contributed by atoms with Crippen LogP contribution in [0, 0.1) is 0 Å². The highest BCUT2D eigenvalue weighted by molar-refractivity contribution is 7.89. The van der Waals surface area contributed by atoms with Crippen molar-refractivity contribution in [1.29, 1.82) is 0 Å². The lowest BCUT2D eigenvalue weighted by Crippen LogP contribution is -2.49. The largest absolute Gasteiger partial charge is 0.482 e. The van der Waals surface area contributed by atoms with E-state index >= 15 is 0 Å². The van der Waals surface area contributed by atoms with Crippen LogP contribution < -0.4 is 15.0 Å². The molecule has 1 aromatic carbocycles. The number of hydrogen-bond acceptors (Lipinski definition) is 5. The third kappa shape index (κ3) is 4.24. The number of hydrogen-bond donors (Lipinski definition) is 1. The van der Waals surface area contributed by atoms with Gasteiger partial charge < -0.3 is 10.1 Å². The Morgan fingerprint density at radius 1 is 1.22 bits per heavy atom. The lowest BCUT2D eigenvalue weighted by molar-refractivity contribution is -0.126. The summed E-state index contributed by atoms with van der Waals surface area (Å²) in [6.45, 7) is 6.21. The van der Waals surface area contributed by atoms with Gasteiger partial charge in [-0.1, -0.05) is 0 Å². The average Bonchev–Trinajstić information content (AvgIpc) is 3.10. The Morgan fingerprint density at radius 2 is 1.89 bits per heavy atom. The van der Waals surface area contributed by atoms with Crippen LogP contribution in [0.1, 0.15) is 33.6 Å². The Bertz CT molecular complexity index is 854. The van der Waals surface area contributed by atoms with E-state index in [1.165, 1.54) is 27.4 Å². The van der Waals surface area contributed by atoms with Gasteiger partial charge in [-0.25, -0.2) is 8.42 Å². The van der Waals surface area contributed by atoms with Gasteiger partial charge in [0.05, 0.1) is 10.6 Å². The van der Waals surface area contributed by atoms with Crippen molar-refractivity contribution >= 4 is 27.5 Å². The molecule has 0 aromatic heterocycles. The molecule has 2 amide bonds. The molecule has 0 radical (unpaired) electrons. The highest BCUT2D eigenvalue weighted by Crippen LogP contribution is 2.35. The molecule has 8 nitrogen and oxygen atoms in total. The number of rotatable bonds is 4. The number of amides is 2. The molecular formula is C18H25N3O5S. The van der Waals surface area contributed by atoms with Gasteiger partial charge >= 0.3 is 0 Å². The minimum Gasteiger partial charge on any atom is -0.482 e. The van der Waals surface area contributed by atoms with Crippen LogP contribution in [0.25, 0.3) is 0 Å². The molecule has 0 aliphatic carbocycles. The molecule has 148 valence electrons. The van der Waals surface area contributed by atoms with E-state index in [9.17, 15) is 18.0 Å². The molecule has 1 aromatic rings. The lowest BCUT2D eigenvalue weighted by Gasteiger charge is -2.30. The Hall–Kier alpha value is -2.13. The van der Waals surface area contributed by atoms with Crippen LogP contribution in [-0.4, -0.2) is 56.3 Å². The van der Waals surface area contributed by atoms with E-state index in [1.54, 1.807) is 0 Å². The molecule has 1 fully saturated rings. The maximum absolute atomic E-state index is 12.7. The summed E-state index contributed by atoms with van der Waals surface area (Å²) in [6.07, 6.45) is 1.71. The summed E-state index contributed by atoms with van der Waals surface area (Å²) < 4.78 is 32.3. The van der Waals surface area contributed by atoms with Crippen molar-refractivity contribution in [1.82, 2.24) is 9.62 Å². The monoisotopic (exact) mass is 395 g/mol. The summed E-state index contributed by atoms with van der Waals surface area (Å²) in [5.41, 5.74) is -0.0150. The Balaban J connectivity index is 1.86. The van der Waals surface area contributed by atoms with Crippen LogP contribution in [-0.2, 0) is 19.6 Å². The summed E-state index contributed by atoms with van der Waals surface area (Å²) in [5.74, 6) is -0.349. The van der Waals surface area contributed by atoms with Gasteiger partial charge in [-0.2, -0.15) is 4.31 Å². The molecule has 3 rings (SSSR count). The zero-order valence-electron chi connectivity index (χ0n) is 15.8. The second kappa shape index (κ2) is 7.12. The molecule has 9 heteroatoms. The Kier molecular flexibility index (Phi) is 5.18. The van der Waals surface area contributed by atoms with Gasteiger partial charge in [0.15, 0.2) is 6.61 Å². The summed E-state index contributed by atoms with van der Waals surface area (Å²) in [6, 6.07) is 4.42. The fourth-order valence-corrected chi connectivity index (χ4v) is 4.73. The van der Waals surface area contributed by atoms with E-state index in [0.29, 0.717) is 24.5 Å². The van der Waals surface area contributed by atoms with Crippen molar-refractivity contribution in [2.24, 2.45) is 0 Å². The first-order valence-corrected chi connectivity index (χ1v) is 10.4. The van der Waals surface area contributed by atoms with Crippen LogP contribution in [0.3, 0.4) is 0 Å². The third-order valence-electron chi connectivity index (χ3n) is 4.39. The molecule has 0 unspecified atom stereocenters. The molecule has 0 bridgehead atoms. The van der Waals surface area contributed by atoms with Gasteiger partial charge in [0.1, 0.15) is 12.3 Å². The highest BCUT2D eigenvalue weighted by atomic mass is 32.2. The van der Waals surface area contributed by atoms with Gasteiger partial charge in [0.2, 0.25) is 15.9 Å². The molecule has 2 aliphatic heterocycles. The summed E-state index contributed by atoms with van der Waals surface area (Å²) in [5, 5.41) is 2.81. The zero-order valence-corrected chi connectivity index (χ0v) is 16.6. The van der Waals surface area contributed by atoms with Gasteiger partial charge in [-0.15, -0.1) is 0 Å². The number of nitrogens with one attached hydrogen (secondary N) is 1. The van der Waals surface area contributed by atoms with Crippen molar-refractivity contribution in [3.05, 3.63) is 18.2 Å². The fourth-order valence-electron chi connectivity index (χ4n) is 3.20. The SMILES string of the molecule is CC(C)(C)NC(=O)CN1C(=O)COc2cc(S(=O)(=O)N3CCCC3)ccc21. The molecule has 1 N–H and O–H groups in total. The quantitative estimate of drug-likeness (QED) is 0.824. The van der Waals surface area contributed by atoms with Crippen molar-refractivity contribution < 1.29 is 22.7 Å². The zero-order chi connectivity index (χ0) is 19.8. The van der Waals surface area contributed by atoms with E-state index in [2.05, 4.69) is 5.32 Å². The predicted molar refractivity (Wildman–Crippen MR) is 100 cm³/mol. The highest BCUT2D eigenvalue weighted by Gasteiger charge is 2.32. The molecule has 0 spiro atoms. The molecule has 1 saturated heterocycles. The number of carbonyl (C=O) groups excluding carboxylic acids is 2. The first-order chi connectivity index (χ1) is 12.6. The van der Waals surface area contributed by atoms with E-state index in [-0.39, 0.29) is 29.9 Å². The van der Waals surface area contributed by atoms with E-state index in [0.717, 1.165) is 12.8 Å². The Labute approximate surface area is 159 Å². The van der Waals surface area contributed by atoms with Crippen molar-refractivity contribution in [2.45, 2.75) is 44.0 Å². The molecule has 0 atom stereocenters. The van der Waals surface area contributed by atoms with Gasteiger partial charge in [-0.3, -0.25) is 14.5 Å². The number of anilines is 1. The summed E-state index contributed by atoms with van der Waals surface area (Å²) in [4.78, 5) is 25.9. The second-order valence-corrected chi connectivity index (χ2v) is 9.75. The van der Waals surface area contributed by atoms with E-state index < -0.39 is 15.6 Å². The minimum atomic E-state index is -3.58. The normalized spacial score (nSPS) is 18.2. The van der Waals surface area contributed by atoms with E-state index in [1.807, 2.05) is 20.8 Å². The predicted octanol–water partition coefficient (Wildman–Crippen LogP) is 1.11. The van der Waals surface area contributed by atoms with Crippen LogP contribution in [0.5, 0.6) is 5.75 Å². The third-order valence-corrected chi connectivity index (χ3v) is 6.29. The van der Waals surface area contributed by atoms with Gasteiger partial charge in [0.25, 0.3) is 5.91 Å². The number of ether oxygens (including phenoxy) is 1. The maximum atomic E-state index is 12.7. The van der Waals surface area contributed by atoms with Crippen molar-refractivity contribution in [3.63, 3.8) is 0 Å². The number of carbonyl (C=O) groups is 2. The average molecular weight is 395 g/mol. The van der Waals surface area contributed by atoms with Crippen LogP contribution in [0.15, 0.2) is 23.1 Å².